The smallest absolute Gasteiger partial charge is 0.192 e. The second-order valence-electron chi connectivity index (χ2n) is 3.36. The van der Waals surface area contributed by atoms with Crippen molar-refractivity contribution in [1.29, 1.82) is 5.26 Å². The lowest BCUT2D eigenvalue weighted by molar-refractivity contribution is 1.49. The lowest BCUT2D eigenvalue weighted by Crippen LogP contribution is -1.75. The van der Waals surface area contributed by atoms with Crippen LogP contribution in [0.15, 0.2) is 48.5 Å². The van der Waals surface area contributed by atoms with Gasteiger partial charge in [0, 0.05) is 11.1 Å². The minimum Gasteiger partial charge on any atom is -0.192 e. The average Bonchev–Trinajstić information content (AvgIpc) is 2.38. The molecular formula is C14H8ClN2+. The molecule has 0 aliphatic carbocycles. The molecule has 2 aromatic rings. The lowest BCUT2D eigenvalue weighted by atomic mass is 10.2. The molecule has 0 N–H and O–H groups in total. The fourth-order valence-electron chi connectivity index (χ4n) is 1.33. The van der Waals surface area contributed by atoms with Gasteiger partial charge in [0.25, 0.3) is 0 Å². The van der Waals surface area contributed by atoms with Gasteiger partial charge < -0.3 is 0 Å². The van der Waals surface area contributed by atoms with E-state index in [9.17, 15) is 0 Å². The maximum absolute atomic E-state index is 8.94. The van der Waals surface area contributed by atoms with Crippen LogP contribution in [0.25, 0.3) is 4.85 Å². The molecule has 0 heterocycles. The van der Waals surface area contributed by atoms with Gasteiger partial charge in [-0.15, -0.1) is 0 Å². The molecule has 0 aromatic heterocycles. The van der Waals surface area contributed by atoms with Crippen molar-refractivity contribution in [3.05, 3.63) is 69.5 Å². The topological polar surface area (TPSA) is 28.1 Å². The molecular weight excluding hydrogens is 232 g/mol. The summed E-state index contributed by atoms with van der Waals surface area (Å²) in [6.45, 7) is 0. The summed E-state index contributed by atoms with van der Waals surface area (Å²) in [5, 5.41) is 9.47. The fourth-order valence-corrected chi connectivity index (χ4v) is 1.50. The molecule has 0 unspecified atom stereocenters. The summed E-state index contributed by atoms with van der Waals surface area (Å²) in [6.07, 6.45) is 0. The van der Waals surface area contributed by atoms with Crippen molar-refractivity contribution < 1.29 is 0 Å². The summed E-state index contributed by atoms with van der Waals surface area (Å²) >= 11 is 5.80. The van der Waals surface area contributed by atoms with Crippen LogP contribution in [0.4, 0.5) is 5.69 Å². The van der Waals surface area contributed by atoms with Crippen molar-refractivity contribution in [1.82, 2.24) is 0 Å². The molecule has 0 spiro atoms. The van der Waals surface area contributed by atoms with Crippen LogP contribution >= 0.6 is 11.6 Å². The molecule has 0 amide bonds. The zero-order chi connectivity index (χ0) is 12.1. The Morgan fingerprint density at radius 3 is 2.53 bits per heavy atom. The van der Waals surface area contributed by atoms with E-state index in [2.05, 4.69) is 17.0 Å². The molecule has 2 aromatic carbocycles. The molecule has 0 saturated carbocycles. The maximum atomic E-state index is 8.94. The molecule has 80 valence electrons. The summed E-state index contributed by atoms with van der Waals surface area (Å²) in [5.74, 6) is 0. The number of nitrogens with zero attached hydrogens (tertiary/aromatic N) is 2. The van der Waals surface area contributed by atoms with Crippen LogP contribution < -0.4 is 0 Å². The van der Waals surface area contributed by atoms with Crippen molar-refractivity contribution in [2.75, 3.05) is 0 Å². The third-order valence-corrected chi connectivity index (χ3v) is 2.39. The Morgan fingerprint density at radius 2 is 1.82 bits per heavy atom. The minimum absolute atomic E-state index is 0.445. The van der Waals surface area contributed by atoms with Crippen LogP contribution in [0.5, 0.6) is 0 Å². The van der Waals surface area contributed by atoms with Gasteiger partial charge in [-0.05, 0) is 29.1 Å². The lowest BCUT2D eigenvalue weighted by Gasteiger charge is -1.87. The van der Waals surface area contributed by atoms with E-state index in [0.717, 1.165) is 5.56 Å². The van der Waals surface area contributed by atoms with Crippen LogP contribution in [-0.4, -0.2) is 0 Å². The Balaban J connectivity index is 2.38. The van der Waals surface area contributed by atoms with Crippen LogP contribution in [0.2, 0.25) is 5.02 Å². The van der Waals surface area contributed by atoms with E-state index in [4.69, 9.17) is 16.9 Å². The Labute approximate surface area is 105 Å². The first-order valence-electron chi connectivity index (χ1n) is 5.01. The first-order valence-corrected chi connectivity index (χ1v) is 5.39. The quantitative estimate of drug-likeness (QED) is 0.676. The van der Waals surface area contributed by atoms with Gasteiger partial charge in [0.1, 0.15) is 17.2 Å². The van der Waals surface area contributed by atoms with Gasteiger partial charge in [0.15, 0.2) is 0 Å². The number of hydrogen-bond donors (Lipinski definition) is 0. The number of rotatable bonds is 0. The highest BCUT2D eigenvalue weighted by atomic mass is 35.5. The molecule has 2 nitrogen and oxygen atoms in total. The maximum Gasteiger partial charge on any atom is 0.358 e. The largest absolute Gasteiger partial charge is 0.358 e. The number of benzene rings is 2. The average molecular weight is 240 g/mol. The molecule has 0 saturated heterocycles. The van der Waals surface area contributed by atoms with Crippen molar-refractivity contribution in [3.63, 3.8) is 0 Å². The SMILES string of the molecule is N#Cc1cc(Cl)ccc1[N+]#Cc1ccccc1. The van der Waals surface area contributed by atoms with Gasteiger partial charge in [-0.2, -0.15) is 5.26 Å². The second-order valence-corrected chi connectivity index (χ2v) is 3.80. The van der Waals surface area contributed by atoms with Gasteiger partial charge in [-0.3, -0.25) is 0 Å². The third kappa shape index (κ3) is 2.84. The minimum atomic E-state index is 0.445. The number of halogens is 1. The molecule has 0 aliphatic rings. The molecule has 0 radical (unpaired) electrons. The van der Waals surface area contributed by atoms with Crippen LogP contribution in [0.1, 0.15) is 11.1 Å². The van der Waals surface area contributed by atoms with Crippen LogP contribution in [-0.2, 0) is 0 Å². The van der Waals surface area contributed by atoms with E-state index in [0.29, 0.717) is 16.3 Å². The van der Waals surface area contributed by atoms with Crippen LogP contribution in [0, 0.1) is 17.4 Å². The van der Waals surface area contributed by atoms with Crippen molar-refractivity contribution in [3.8, 4) is 12.1 Å². The third-order valence-electron chi connectivity index (χ3n) is 2.16. The Hall–Kier alpha value is -2.29. The molecule has 0 atom stereocenters. The van der Waals surface area contributed by atoms with E-state index in [1.165, 1.54) is 0 Å². The first kappa shape index (κ1) is 11.2. The highest BCUT2D eigenvalue weighted by Crippen LogP contribution is 2.22. The highest BCUT2D eigenvalue weighted by molar-refractivity contribution is 6.30. The first-order chi connectivity index (χ1) is 8.29. The van der Waals surface area contributed by atoms with Gasteiger partial charge in [-0.1, -0.05) is 29.8 Å². The Kier molecular flexibility index (Phi) is 3.40. The van der Waals surface area contributed by atoms with E-state index in [1.54, 1.807) is 18.2 Å². The molecule has 3 heteroatoms. The van der Waals surface area contributed by atoms with E-state index in [1.807, 2.05) is 30.3 Å². The summed E-state index contributed by atoms with van der Waals surface area (Å²) in [7, 11) is 0. The van der Waals surface area contributed by atoms with Gasteiger partial charge in [0.05, 0.1) is 0 Å². The van der Waals surface area contributed by atoms with E-state index < -0.39 is 0 Å². The summed E-state index contributed by atoms with van der Waals surface area (Å²) in [5.41, 5.74) is 1.88. The summed E-state index contributed by atoms with van der Waals surface area (Å²) < 4.78 is 0. The van der Waals surface area contributed by atoms with Crippen molar-refractivity contribution >= 4 is 17.3 Å². The standard InChI is InChI=1S/C14H8ClN2/c15-13-6-7-14(12(8-13)9-16)17-10-11-4-2-1-3-5-11/h1-8H/q+1. The fraction of sp³-hybridized carbons (Fsp3) is 0. The van der Waals surface area contributed by atoms with E-state index >= 15 is 0 Å². The summed E-state index contributed by atoms with van der Waals surface area (Å²) in [6, 6.07) is 19.5. The molecule has 0 aliphatic heterocycles. The number of nitriles is 1. The molecule has 17 heavy (non-hydrogen) atoms. The van der Waals surface area contributed by atoms with Gasteiger partial charge >= 0.3 is 11.8 Å². The Morgan fingerprint density at radius 1 is 1.06 bits per heavy atom. The Bertz CT molecular complexity index is 631. The normalized spacial score (nSPS) is 8.94. The van der Waals surface area contributed by atoms with Gasteiger partial charge in [0.2, 0.25) is 0 Å². The highest BCUT2D eigenvalue weighted by Gasteiger charge is 2.10. The monoisotopic (exact) mass is 239 g/mol. The van der Waals surface area contributed by atoms with Crippen molar-refractivity contribution in [2.24, 2.45) is 0 Å². The zero-order valence-corrected chi connectivity index (χ0v) is 9.65. The predicted octanol–water partition coefficient (Wildman–Crippen LogP) is 4.22. The number of hydrogen-bond acceptors (Lipinski definition) is 1. The second kappa shape index (κ2) is 5.16. The zero-order valence-electron chi connectivity index (χ0n) is 8.89. The predicted molar refractivity (Wildman–Crippen MR) is 68.6 cm³/mol. The van der Waals surface area contributed by atoms with E-state index in [-0.39, 0.29) is 0 Å². The van der Waals surface area contributed by atoms with Crippen LogP contribution in [0.3, 0.4) is 0 Å². The summed E-state index contributed by atoms with van der Waals surface area (Å²) in [4.78, 5) is 4.16. The van der Waals surface area contributed by atoms with Crippen molar-refractivity contribution in [2.45, 2.75) is 0 Å². The molecule has 0 bridgehead atoms. The van der Waals surface area contributed by atoms with Gasteiger partial charge in [-0.25, -0.2) is 0 Å². The molecule has 0 fully saturated rings. The molecule has 2 rings (SSSR count).